The predicted octanol–water partition coefficient (Wildman–Crippen LogP) is 2.94. The topological polar surface area (TPSA) is 47.3 Å². The molecule has 1 aromatic carbocycles. The number of benzene rings is 1. The maximum atomic E-state index is 10.9. The van der Waals surface area contributed by atoms with Crippen LogP contribution in [-0.2, 0) is 12.8 Å². The van der Waals surface area contributed by atoms with Gasteiger partial charge in [-0.2, -0.15) is 5.10 Å². The molecule has 0 aliphatic carbocycles. The van der Waals surface area contributed by atoms with Crippen molar-refractivity contribution in [1.29, 1.82) is 0 Å². The van der Waals surface area contributed by atoms with Gasteiger partial charge < -0.3 is 0 Å². The molecule has 21 heavy (non-hydrogen) atoms. The minimum atomic E-state index is 0.620. The van der Waals surface area contributed by atoms with E-state index in [9.17, 15) is 4.79 Å². The molecule has 4 nitrogen and oxygen atoms in total. The molecule has 3 rings (SSSR count). The maximum Gasteiger partial charge on any atom is 0.158 e. The van der Waals surface area contributed by atoms with Crippen molar-refractivity contribution in [2.75, 3.05) is 0 Å². The zero-order valence-corrected chi connectivity index (χ0v) is 12.2. The number of nitrogens with zero attached hydrogens (tertiary/aromatic N) is 3. The van der Waals surface area contributed by atoms with E-state index < -0.39 is 0 Å². The second kappa shape index (κ2) is 5.48. The maximum absolute atomic E-state index is 10.9. The third kappa shape index (κ3) is 2.84. The summed E-state index contributed by atoms with van der Waals surface area (Å²) >= 11 is 0. The fraction of sp³-hybridized carbons (Fsp3) is 0.235. The molecule has 3 aromatic rings. The van der Waals surface area contributed by atoms with E-state index in [0.717, 1.165) is 36.2 Å². The Morgan fingerprint density at radius 3 is 2.62 bits per heavy atom. The molecule has 4 heteroatoms. The van der Waals surface area contributed by atoms with Crippen molar-refractivity contribution in [2.45, 2.75) is 26.7 Å². The van der Waals surface area contributed by atoms with E-state index in [1.807, 2.05) is 13.0 Å². The van der Waals surface area contributed by atoms with E-state index in [0.29, 0.717) is 5.56 Å². The molecular weight excluding hydrogens is 262 g/mol. The van der Waals surface area contributed by atoms with E-state index in [-0.39, 0.29) is 0 Å². The number of aldehydes is 1. The Morgan fingerprint density at radius 2 is 1.90 bits per heavy atom. The number of pyridine rings is 1. The lowest BCUT2D eigenvalue weighted by Crippen LogP contribution is -1.95. The number of aryl methyl sites for hydroxylation is 4. The van der Waals surface area contributed by atoms with E-state index >= 15 is 0 Å². The molecule has 2 heterocycles. The summed E-state index contributed by atoms with van der Waals surface area (Å²) < 4.78 is 1.70. The largest absolute Gasteiger partial charge is 0.298 e. The molecule has 0 saturated heterocycles. The Kier molecular flexibility index (Phi) is 3.52. The molecule has 0 aliphatic rings. The lowest BCUT2D eigenvalue weighted by Gasteiger charge is -1.99. The lowest BCUT2D eigenvalue weighted by molar-refractivity contribution is 0.112. The van der Waals surface area contributed by atoms with Crippen molar-refractivity contribution >= 4 is 11.9 Å². The summed E-state index contributed by atoms with van der Waals surface area (Å²) in [6.07, 6.45) is 4.26. The minimum absolute atomic E-state index is 0.620. The summed E-state index contributed by atoms with van der Waals surface area (Å²) in [7, 11) is 0. The van der Waals surface area contributed by atoms with Crippen LogP contribution in [0.25, 0.3) is 5.65 Å². The zero-order chi connectivity index (χ0) is 14.8. The van der Waals surface area contributed by atoms with Crippen LogP contribution >= 0.6 is 0 Å². The molecule has 106 valence electrons. The van der Waals surface area contributed by atoms with E-state index in [2.05, 4.69) is 41.3 Å². The average Bonchev–Trinajstić information content (AvgIpc) is 2.90. The molecule has 0 aliphatic heterocycles. The number of fused-ring (bicyclic) bond motifs is 1. The van der Waals surface area contributed by atoms with Crippen LogP contribution in [0, 0.1) is 13.8 Å². The molecule has 0 spiro atoms. The lowest BCUT2D eigenvalue weighted by atomic mass is 10.1. The summed E-state index contributed by atoms with van der Waals surface area (Å²) in [6, 6.07) is 10.3. The number of aromatic nitrogens is 3. The Labute approximate surface area is 123 Å². The summed E-state index contributed by atoms with van der Waals surface area (Å²) in [4.78, 5) is 15.4. The highest BCUT2D eigenvalue weighted by atomic mass is 16.1. The summed E-state index contributed by atoms with van der Waals surface area (Å²) in [5, 5.41) is 4.46. The summed E-state index contributed by atoms with van der Waals surface area (Å²) in [6.45, 7) is 4.03. The third-order valence-electron chi connectivity index (χ3n) is 3.58. The van der Waals surface area contributed by atoms with Crippen molar-refractivity contribution in [2.24, 2.45) is 0 Å². The van der Waals surface area contributed by atoms with E-state index in [4.69, 9.17) is 0 Å². The van der Waals surface area contributed by atoms with Gasteiger partial charge in [-0.3, -0.25) is 4.79 Å². The highest BCUT2D eigenvalue weighted by Crippen LogP contribution is 2.12. The molecule has 0 bridgehead atoms. The SMILES string of the molecule is Cc1ccc(CCc2nc3c(C)cc(C=O)cn3n2)cc1. The van der Waals surface area contributed by atoms with Gasteiger partial charge in [0.25, 0.3) is 0 Å². The van der Waals surface area contributed by atoms with Gasteiger partial charge in [0.1, 0.15) is 0 Å². The number of rotatable bonds is 4. The van der Waals surface area contributed by atoms with Crippen LogP contribution in [0.4, 0.5) is 0 Å². The van der Waals surface area contributed by atoms with Crippen LogP contribution in [0.2, 0.25) is 0 Å². The molecule has 0 fully saturated rings. The Balaban J connectivity index is 1.82. The normalized spacial score (nSPS) is 11.0. The van der Waals surface area contributed by atoms with Crippen LogP contribution in [-0.4, -0.2) is 20.9 Å². The van der Waals surface area contributed by atoms with Gasteiger partial charge in [0, 0.05) is 18.2 Å². The Bertz CT molecular complexity index is 788. The molecule has 0 saturated carbocycles. The molecule has 2 aromatic heterocycles. The van der Waals surface area contributed by atoms with Crippen LogP contribution in [0.5, 0.6) is 0 Å². The quantitative estimate of drug-likeness (QED) is 0.690. The van der Waals surface area contributed by atoms with Gasteiger partial charge in [-0.1, -0.05) is 29.8 Å². The molecule has 0 unspecified atom stereocenters. The van der Waals surface area contributed by atoms with Gasteiger partial charge in [0.15, 0.2) is 17.8 Å². The van der Waals surface area contributed by atoms with Crippen molar-refractivity contribution < 1.29 is 4.79 Å². The molecule has 0 amide bonds. The number of hydrogen-bond donors (Lipinski definition) is 0. The predicted molar refractivity (Wildman–Crippen MR) is 81.7 cm³/mol. The Morgan fingerprint density at radius 1 is 1.14 bits per heavy atom. The van der Waals surface area contributed by atoms with Crippen LogP contribution < -0.4 is 0 Å². The smallest absolute Gasteiger partial charge is 0.158 e. The highest BCUT2D eigenvalue weighted by molar-refractivity contribution is 5.75. The first-order valence-corrected chi connectivity index (χ1v) is 7.02. The first-order chi connectivity index (χ1) is 10.2. The second-order valence-corrected chi connectivity index (χ2v) is 5.36. The fourth-order valence-corrected chi connectivity index (χ4v) is 2.40. The van der Waals surface area contributed by atoms with Crippen molar-refractivity contribution in [3.63, 3.8) is 0 Å². The van der Waals surface area contributed by atoms with Gasteiger partial charge in [-0.15, -0.1) is 0 Å². The van der Waals surface area contributed by atoms with Crippen molar-refractivity contribution in [3.8, 4) is 0 Å². The Hall–Kier alpha value is -2.49. The molecule has 0 N–H and O–H groups in total. The van der Waals surface area contributed by atoms with Crippen molar-refractivity contribution in [1.82, 2.24) is 14.6 Å². The molecule has 0 atom stereocenters. The zero-order valence-electron chi connectivity index (χ0n) is 12.2. The monoisotopic (exact) mass is 279 g/mol. The van der Waals surface area contributed by atoms with Gasteiger partial charge in [0.05, 0.1) is 0 Å². The van der Waals surface area contributed by atoms with Gasteiger partial charge >= 0.3 is 0 Å². The number of carbonyl (C=O) groups excluding carboxylic acids is 1. The van der Waals surface area contributed by atoms with E-state index in [1.165, 1.54) is 11.1 Å². The van der Waals surface area contributed by atoms with Crippen LogP contribution in [0.3, 0.4) is 0 Å². The second-order valence-electron chi connectivity index (χ2n) is 5.36. The van der Waals surface area contributed by atoms with E-state index in [1.54, 1.807) is 10.7 Å². The van der Waals surface area contributed by atoms with Gasteiger partial charge in [-0.05, 0) is 37.5 Å². The standard InChI is InChI=1S/C17H17N3O/c1-12-3-5-14(6-4-12)7-8-16-18-17-13(2)9-15(11-21)10-20(17)19-16/h3-6,9-11H,7-8H2,1-2H3. The number of carbonyl (C=O) groups is 1. The summed E-state index contributed by atoms with van der Waals surface area (Å²) in [5.41, 5.74) is 4.95. The highest BCUT2D eigenvalue weighted by Gasteiger charge is 2.07. The number of hydrogen-bond acceptors (Lipinski definition) is 3. The average molecular weight is 279 g/mol. The third-order valence-corrected chi connectivity index (χ3v) is 3.58. The summed E-state index contributed by atoms with van der Waals surface area (Å²) in [5.74, 6) is 0.807. The van der Waals surface area contributed by atoms with Gasteiger partial charge in [-0.25, -0.2) is 9.50 Å². The fourth-order valence-electron chi connectivity index (χ4n) is 2.40. The van der Waals surface area contributed by atoms with Crippen LogP contribution in [0.15, 0.2) is 36.5 Å². The van der Waals surface area contributed by atoms with Gasteiger partial charge in [0.2, 0.25) is 0 Å². The molecule has 0 radical (unpaired) electrons. The first kappa shape index (κ1) is 13.5. The first-order valence-electron chi connectivity index (χ1n) is 7.02. The van der Waals surface area contributed by atoms with Crippen LogP contribution in [0.1, 0.15) is 32.9 Å². The van der Waals surface area contributed by atoms with Crippen molar-refractivity contribution in [3.05, 3.63) is 64.6 Å². The molecular formula is C17H17N3O. The minimum Gasteiger partial charge on any atom is -0.298 e.